The van der Waals surface area contributed by atoms with E-state index in [4.69, 9.17) is 28.3 Å². The third-order valence-corrected chi connectivity index (χ3v) is 6.27. The molecular formula is C22H26Cl2N4OS. The summed E-state index contributed by atoms with van der Waals surface area (Å²) in [7, 11) is 0. The zero-order valence-corrected chi connectivity index (χ0v) is 19.5. The van der Waals surface area contributed by atoms with Crippen molar-refractivity contribution in [2.45, 2.75) is 31.8 Å². The molecule has 1 aromatic heterocycles. The molecule has 0 aliphatic rings. The lowest BCUT2D eigenvalue weighted by Gasteiger charge is -2.18. The summed E-state index contributed by atoms with van der Waals surface area (Å²) in [5.41, 5.74) is 4.40. The Hall–Kier alpha value is -1.57. The van der Waals surface area contributed by atoms with E-state index in [1.165, 1.54) is 11.1 Å². The predicted molar refractivity (Wildman–Crippen MR) is 126 cm³/mol. The molecule has 3 rings (SSSR count). The highest BCUT2D eigenvalue weighted by Crippen LogP contribution is 2.35. The van der Waals surface area contributed by atoms with Crippen LogP contribution in [0.4, 0.5) is 0 Å². The summed E-state index contributed by atoms with van der Waals surface area (Å²) in [6.45, 7) is 5.79. The minimum absolute atomic E-state index is 0.129. The molecule has 30 heavy (non-hydrogen) atoms. The van der Waals surface area contributed by atoms with Gasteiger partial charge in [0, 0.05) is 29.4 Å². The van der Waals surface area contributed by atoms with Crippen LogP contribution in [0, 0.1) is 0 Å². The quantitative estimate of drug-likeness (QED) is 0.325. The lowest BCUT2D eigenvalue weighted by molar-refractivity contribution is 0.294. The maximum absolute atomic E-state index is 8.95. The number of aliphatic hydroxyl groups is 1. The Balaban J connectivity index is 2.12. The number of halogens is 2. The molecule has 0 atom stereocenters. The zero-order chi connectivity index (χ0) is 21.5. The molecule has 2 N–H and O–H groups in total. The average Bonchev–Trinajstić information content (AvgIpc) is 3.15. The van der Waals surface area contributed by atoms with Crippen molar-refractivity contribution in [3.63, 3.8) is 0 Å². The highest BCUT2D eigenvalue weighted by atomic mass is 35.5. The van der Waals surface area contributed by atoms with Gasteiger partial charge in [-0.05, 0) is 42.2 Å². The van der Waals surface area contributed by atoms with Crippen molar-refractivity contribution in [1.29, 1.82) is 0 Å². The highest BCUT2D eigenvalue weighted by Gasteiger charge is 2.21. The van der Waals surface area contributed by atoms with Gasteiger partial charge in [-0.3, -0.25) is 4.57 Å². The average molecular weight is 465 g/mol. The molecule has 3 aromatic rings. The van der Waals surface area contributed by atoms with Gasteiger partial charge in [0.2, 0.25) is 0 Å². The first-order chi connectivity index (χ1) is 14.6. The lowest BCUT2D eigenvalue weighted by atomic mass is 10.0. The van der Waals surface area contributed by atoms with Gasteiger partial charge in [0.1, 0.15) is 0 Å². The molecule has 0 saturated heterocycles. The van der Waals surface area contributed by atoms with Crippen molar-refractivity contribution in [2.24, 2.45) is 0 Å². The van der Waals surface area contributed by atoms with Crippen LogP contribution in [0.25, 0.3) is 17.1 Å². The number of aliphatic hydroxyl groups excluding tert-OH is 1. The van der Waals surface area contributed by atoms with Crippen LogP contribution in [0.1, 0.15) is 25.0 Å². The van der Waals surface area contributed by atoms with E-state index in [0.29, 0.717) is 22.4 Å². The van der Waals surface area contributed by atoms with E-state index in [1.54, 1.807) is 17.8 Å². The summed E-state index contributed by atoms with van der Waals surface area (Å²) in [5, 5.41) is 23.1. The third kappa shape index (κ3) is 5.18. The van der Waals surface area contributed by atoms with E-state index >= 15 is 0 Å². The fraction of sp³-hybridized carbons (Fsp3) is 0.364. The number of benzene rings is 2. The van der Waals surface area contributed by atoms with Crippen molar-refractivity contribution >= 4 is 35.0 Å². The number of hydrogen-bond acceptors (Lipinski definition) is 5. The van der Waals surface area contributed by atoms with Crippen LogP contribution < -0.4 is 5.32 Å². The molecule has 0 aliphatic carbocycles. The second-order valence-electron chi connectivity index (χ2n) is 6.72. The van der Waals surface area contributed by atoms with Crippen LogP contribution in [0.2, 0.25) is 10.0 Å². The zero-order valence-electron chi connectivity index (χ0n) is 17.2. The Bertz CT molecular complexity index is 971. The third-order valence-electron chi connectivity index (χ3n) is 4.79. The Labute approximate surface area is 191 Å². The van der Waals surface area contributed by atoms with Crippen molar-refractivity contribution in [1.82, 2.24) is 20.1 Å². The van der Waals surface area contributed by atoms with Crippen LogP contribution in [0.15, 0.2) is 41.6 Å². The Kier molecular flexibility index (Phi) is 8.60. The molecule has 0 bridgehead atoms. The second-order valence-corrected chi connectivity index (χ2v) is 8.63. The SMILES string of the molecule is CCc1cccc(CC)c1-n1c(SCCNCCO)nnc1-c1ccc(Cl)cc1Cl. The predicted octanol–water partition coefficient (Wildman–Crippen LogP) is 5.04. The maximum atomic E-state index is 8.95. The molecule has 0 spiro atoms. The maximum Gasteiger partial charge on any atom is 0.196 e. The normalized spacial score (nSPS) is 11.2. The Morgan fingerprint density at radius 2 is 1.77 bits per heavy atom. The molecule has 0 saturated carbocycles. The molecule has 5 nitrogen and oxygen atoms in total. The summed E-state index contributed by atoms with van der Waals surface area (Å²) < 4.78 is 2.13. The minimum Gasteiger partial charge on any atom is -0.395 e. The number of para-hydroxylation sites is 1. The van der Waals surface area contributed by atoms with E-state index in [2.05, 4.69) is 52.1 Å². The summed E-state index contributed by atoms with van der Waals surface area (Å²) >= 11 is 14.3. The van der Waals surface area contributed by atoms with Crippen LogP contribution >= 0.6 is 35.0 Å². The number of nitrogens with zero attached hydrogens (tertiary/aromatic N) is 3. The van der Waals surface area contributed by atoms with Crippen LogP contribution in [0.3, 0.4) is 0 Å². The molecule has 160 valence electrons. The molecule has 0 radical (unpaired) electrons. The van der Waals surface area contributed by atoms with Crippen molar-refractivity contribution in [2.75, 3.05) is 25.4 Å². The number of aromatic nitrogens is 3. The van der Waals surface area contributed by atoms with Crippen molar-refractivity contribution < 1.29 is 5.11 Å². The lowest BCUT2D eigenvalue weighted by Crippen LogP contribution is -2.21. The molecule has 8 heteroatoms. The van der Waals surface area contributed by atoms with E-state index < -0.39 is 0 Å². The van der Waals surface area contributed by atoms with Gasteiger partial charge in [-0.15, -0.1) is 10.2 Å². The van der Waals surface area contributed by atoms with Gasteiger partial charge in [-0.2, -0.15) is 0 Å². The summed E-state index contributed by atoms with van der Waals surface area (Å²) in [6, 6.07) is 11.8. The van der Waals surface area contributed by atoms with Gasteiger partial charge in [0.15, 0.2) is 11.0 Å². The van der Waals surface area contributed by atoms with Gasteiger partial charge in [-0.1, -0.05) is 67.0 Å². The van der Waals surface area contributed by atoms with E-state index in [1.807, 2.05) is 12.1 Å². The number of nitrogens with one attached hydrogen (secondary N) is 1. The molecule has 0 unspecified atom stereocenters. The molecule has 2 aromatic carbocycles. The fourth-order valence-electron chi connectivity index (χ4n) is 3.33. The first-order valence-corrected chi connectivity index (χ1v) is 11.8. The van der Waals surface area contributed by atoms with Crippen LogP contribution in [-0.4, -0.2) is 45.3 Å². The van der Waals surface area contributed by atoms with E-state index in [-0.39, 0.29) is 6.61 Å². The number of thioether (sulfide) groups is 1. The van der Waals surface area contributed by atoms with Crippen molar-refractivity contribution in [3.05, 3.63) is 57.6 Å². The molecule has 0 amide bonds. The summed E-state index contributed by atoms with van der Waals surface area (Å²) in [4.78, 5) is 0. The van der Waals surface area contributed by atoms with Gasteiger partial charge in [0.05, 0.1) is 17.3 Å². The number of rotatable bonds is 10. The fourth-order valence-corrected chi connectivity index (χ4v) is 4.66. The first kappa shape index (κ1) is 23.1. The molecule has 0 fully saturated rings. The van der Waals surface area contributed by atoms with Gasteiger partial charge in [0.25, 0.3) is 0 Å². The van der Waals surface area contributed by atoms with Gasteiger partial charge < -0.3 is 10.4 Å². The number of aryl methyl sites for hydroxylation is 2. The van der Waals surface area contributed by atoms with E-state index in [9.17, 15) is 0 Å². The van der Waals surface area contributed by atoms with Gasteiger partial charge >= 0.3 is 0 Å². The Morgan fingerprint density at radius 1 is 1.03 bits per heavy atom. The topological polar surface area (TPSA) is 63.0 Å². The van der Waals surface area contributed by atoms with Crippen molar-refractivity contribution in [3.8, 4) is 17.1 Å². The Morgan fingerprint density at radius 3 is 2.40 bits per heavy atom. The molecule has 0 aliphatic heterocycles. The summed E-state index contributed by atoms with van der Waals surface area (Å²) in [5.74, 6) is 1.51. The molecule has 1 heterocycles. The monoisotopic (exact) mass is 464 g/mol. The van der Waals surface area contributed by atoms with E-state index in [0.717, 1.165) is 41.5 Å². The smallest absolute Gasteiger partial charge is 0.196 e. The number of hydrogen-bond donors (Lipinski definition) is 2. The second kappa shape index (κ2) is 11.2. The highest BCUT2D eigenvalue weighted by molar-refractivity contribution is 7.99. The van der Waals surface area contributed by atoms with Crippen LogP contribution in [-0.2, 0) is 12.8 Å². The standard InChI is InChI=1S/C22H26Cl2N4OS/c1-3-15-6-5-7-16(4-2)20(15)28-21(18-9-8-17(23)14-19(18)24)26-27-22(28)30-13-11-25-10-12-29/h5-9,14,25,29H,3-4,10-13H2,1-2H3. The van der Waals surface area contributed by atoms with Gasteiger partial charge in [-0.25, -0.2) is 0 Å². The first-order valence-electron chi connectivity index (χ1n) is 10.1. The largest absolute Gasteiger partial charge is 0.395 e. The summed E-state index contributed by atoms with van der Waals surface area (Å²) in [6.07, 6.45) is 1.80. The molecular weight excluding hydrogens is 439 g/mol. The minimum atomic E-state index is 0.129. The van der Waals surface area contributed by atoms with Crippen LogP contribution in [0.5, 0.6) is 0 Å².